The summed E-state index contributed by atoms with van der Waals surface area (Å²) in [7, 11) is 0. The van der Waals surface area contributed by atoms with E-state index in [1.54, 1.807) is 0 Å². The van der Waals surface area contributed by atoms with E-state index in [4.69, 9.17) is 16.7 Å². The standard InChI is InChI=1S/C10H16N4/c1-2-3-9(12)14-8(6-11)10(13)7-4-5-7/h7H,2-5,13H2,1H3,(H2,12,14)/b10-8-. The minimum absolute atomic E-state index is 0.304. The highest BCUT2D eigenvalue weighted by Gasteiger charge is 2.26. The van der Waals surface area contributed by atoms with Crippen LogP contribution in [0.4, 0.5) is 0 Å². The second-order valence-electron chi connectivity index (χ2n) is 3.54. The van der Waals surface area contributed by atoms with Crippen molar-refractivity contribution in [3.63, 3.8) is 0 Å². The lowest BCUT2D eigenvalue weighted by Crippen LogP contribution is -2.12. The Morgan fingerprint density at radius 1 is 1.50 bits per heavy atom. The molecule has 0 aromatic rings. The number of rotatable bonds is 4. The first-order valence-corrected chi connectivity index (χ1v) is 4.91. The van der Waals surface area contributed by atoms with Gasteiger partial charge >= 0.3 is 0 Å². The Kier molecular flexibility index (Phi) is 3.52. The molecule has 0 bridgehead atoms. The maximum atomic E-state index is 8.84. The van der Waals surface area contributed by atoms with Crippen molar-refractivity contribution in [1.29, 1.82) is 5.26 Å². The van der Waals surface area contributed by atoms with E-state index < -0.39 is 0 Å². The van der Waals surface area contributed by atoms with Crippen LogP contribution in [0.25, 0.3) is 0 Å². The number of hydrogen-bond donors (Lipinski definition) is 2. The van der Waals surface area contributed by atoms with E-state index in [9.17, 15) is 0 Å². The fourth-order valence-electron chi connectivity index (χ4n) is 1.20. The van der Waals surface area contributed by atoms with Gasteiger partial charge in [-0.1, -0.05) is 6.92 Å². The lowest BCUT2D eigenvalue weighted by molar-refractivity contribution is 0.943. The first-order valence-electron chi connectivity index (χ1n) is 4.91. The molecule has 4 nitrogen and oxygen atoms in total. The Morgan fingerprint density at radius 2 is 2.14 bits per heavy atom. The molecule has 0 amide bonds. The lowest BCUT2D eigenvalue weighted by Gasteiger charge is -2.00. The van der Waals surface area contributed by atoms with Gasteiger partial charge in [0.25, 0.3) is 0 Å². The molecule has 4 heteroatoms. The van der Waals surface area contributed by atoms with Gasteiger partial charge in [0.05, 0.1) is 0 Å². The zero-order valence-corrected chi connectivity index (χ0v) is 8.45. The van der Waals surface area contributed by atoms with E-state index in [1.165, 1.54) is 0 Å². The Balaban J connectivity index is 2.76. The second-order valence-corrected chi connectivity index (χ2v) is 3.54. The average molecular weight is 192 g/mol. The van der Waals surface area contributed by atoms with Gasteiger partial charge in [0.15, 0.2) is 5.70 Å². The second kappa shape index (κ2) is 4.66. The van der Waals surface area contributed by atoms with Crippen molar-refractivity contribution in [2.75, 3.05) is 0 Å². The van der Waals surface area contributed by atoms with Crippen LogP contribution in [0.15, 0.2) is 16.4 Å². The van der Waals surface area contributed by atoms with Crippen LogP contribution < -0.4 is 11.5 Å². The van der Waals surface area contributed by atoms with Crippen LogP contribution in [-0.2, 0) is 0 Å². The van der Waals surface area contributed by atoms with Crippen LogP contribution in [0.1, 0.15) is 32.6 Å². The Morgan fingerprint density at radius 3 is 2.57 bits per heavy atom. The molecule has 0 atom stereocenters. The van der Waals surface area contributed by atoms with Crippen LogP contribution in [-0.4, -0.2) is 5.84 Å². The molecule has 1 fully saturated rings. The third-order valence-corrected chi connectivity index (χ3v) is 2.16. The third kappa shape index (κ3) is 2.77. The average Bonchev–Trinajstić information content (AvgIpc) is 2.96. The van der Waals surface area contributed by atoms with Gasteiger partial charge in [-0.25, -0.2) is 4.99 Å². The zero-order chi connectivity index (χ0) is 10.6. The summed E-state index contributed by atoms with van der Waals surface area (Å²) in [5.74, 6) is 0.857. The molecule has 1 rings (SSSR count). The fourth-order valence-corrected chi connectivity index (χ4v) is 1.20. The summed E-state index contributed by atoms with van der Waals surface area (Å²) < 4.78 is 0. The molecular weight excluding hydrogens is 176 g/mol. The van der Waals surface area contributed by atoms with Gasteiger partial charge in [-0.2, -0.15) is 5.26 Å². The number of allylic oxidation sites excluding steroid dienone is 2. The summed E-state index contributed by atoms with van der Waals surface area (Å²) in [4.78, 5) is 4.03. The molecule has 1 aliphatic rings. The maximum absolute atomic E-state index is 8.84. The largest absolute Gasteiger partial charge is 0.399 e. The highest BCUT2D eigenvalue weighted by atomic mass is 14.9. The number of aliphatic imine (C=N–C) groups is 1. The van der Waals surface area contributed by atoms with E-state index in [0.717, 1.165) is 19.3 Å². The van der Waals surface area contributed by atoms with Gasteiger partial charge in [-0.05, 0) is 19.3 Å². The van der Waals surface area contributed by atoms with Crippen LogP contribution >= 0.6 is 0 Å². The monoisotopic (exact) mass is 192 g/mol. The van der Waals surface area contributed by atoms with Gasteiger partial charge in [0.1, 0.15) is 11.9 Å². The van der Waals surface area contributed by atoms with Crippen molar-refractivity contribution in [3.8, 4) is 6.07 Å². The molecular formula is C10H16N4. The molecule has 0 heterocycles. The summed E-state index contributed by atoms with van der Waals surface area (Å²) in [5, 5.41) is 8.84. The SMILES string of the molecule is CCC/C(N)=N\C(C#N)=C(/N)C1CC1. The van der Waals surface area contributed by atoms with E-state index in [0.29, 0.717) is 29.6 Å². The van der Waals surface area contributed by atoms with Gasteiger partial charge in [0.2, 0.25) is 0 Å². The van der Waals surface area contributed by atoms with E-state index >= 15 is 0 Å². The Hall–Kier alpha value is -1.50. The van der Waals surface area contributed by atoms with Crippen molar-refractivity contribution in [1.82, 2.24) is 0 Å². The number of nitriles is 1. The molecule has 0 spiro atoms. The number of hydrogen-bond acceptors (Lipinski definition) is 3. The lowest BCUT2D eigenvalue weighted by atomic mass is 10.2. The predicted octanol–water partition coefficient (Wildman–Crippen LogP) is 1.25. The van der Waals surface area contributed by atoms with Crippen LogP contribution in [0.3, 0.4) is 0 Å². The van der Waals surface area contributed by atoms with Crippen LogP contribution in [0.5, 0.6) is 0 Å². The minimum atomic E-state index is 0.304. The molecule has 14 heavy (non-hydrogen) atoms. The Labute approximate surface area is 84.3 Å². The summed E-state index contributed by atoms with van der Waals surface area (Å²) in [5.41, 5.74) is 12.3. The fraction of sp³-hybridized carbons (Fsp3) is 0.600. The van der Waals surface area contributed by atoms with E-state index in [1.807, 2.05) is 13.0 Å². The highest BCUT2D eigenvalue weighted by Crippen LogP contribution is 2.35. The molecule has 4 N–H and O–H groups in total. The van der Waals surface area contributed by atoms with Gasteiger partial charge < -0.3 is 11.5 Å². The topological polar surface area (TPSA) is 88.2 Å². The first-order chi connectivity index (χ1) is 6.69. The van der Waals surface area contributed by atoms with E-state index in [-0.39, 0.29) is 0 Å². The first kappa shape index (κ1) is 10.6. The van der Waals surface area contributed by atoms with Crippen LogP contribution in [0, 0.1) is 17.2 Å². The molecule has 1 aliphatic carbocycles. The number of nitrogens with zero attached hydrogens (tertiary/aromatic N) is 2. The van der Waals surface area contributed by atoms with Crippen molar-refractivity contribution < 1.29 is 0 Å². The minimum Gasteiger partial charge on any atom is -0.399 e. The number of nitrogens with two attached hydrogens (primary N) is 2. The summed E-state index contributed by atoms with van der Waals surface area (Å²) >= 11 is 0. The molecule has 0 unspecified atom stereocenters. The van der Waals surface area contributed by atoms with Crippen molar-refractivity contribution in [2.45, 2.75) is 32.6 Å². The molecule has 0 saturated heterocycles. The molecule has 0 aromatic heterocycles. The number of amidine groups is 1. The highest BCUT2D eigenvalue weighted by molar-refractivity contribution is 5.81. The van der Waals surface area contributed by atoms with E-state index in [2.05, 4.69) is 4.99 Å². The van der Waals surface area contributed by atoms with Crippen LogP contribution in [0.2, 0.25) is 0 Å². The summed E-state index contributed by atoms with van der Waals surface area (Å²) in [6, 6.07) is 2.00. The van der Waals surface area contributed by atoms with Crippen molar-refractivity contribution in [2.24, 2.45) is 22.4 Å². The normalized spacial score (nSPS) is 18.7. The van der Waals surface area contributed by atoms with Gasteiger partial charge in [-0.15, -0.1) is 0 Å². The van der Waals surface area contributed by atoms with Crippen molar-refractivity contribution in [3.05, 3.63) is 11.4 Å². The smallest absolute Gasteiger partial charge is 0.161 e. The maximum Gasteiger partial charge on any atom is 0.161 e. The third-order valence-electron chi connectivity index (χ3n) is 2.16. The molecule has 1 saturated carbocycles. The quantitative estimate of drug-likeness (QED) is 0.399. The zero-order valence-electron chi connectivity index (χ0n) is 8.45. The van der Waals surface area contributed by atoms with Gasteiger partial charge in [-0.3, -0.25) is 0 Å². The predicted molar refractivity (Wildman–Crippen MR) is 56.1 cm³/mol. The summed E-state index contributed by atoms with van der Waals surface area (Å²) in [6.07, 6.45) is 3.78. The summed E-state index contributed by atoms with van der Waals surface area (Å²) in [6.45, 7) is 2.02. The molecule has 76 valence electrons. The van der Waals surface area contributed by atoms with Gasteiger partial charge in [0, 0.05) is 18.0 Å². The molecule has 0 aliphatic heterocycles. The molecule has 0 aromatic carbocycles. The van der Waals surface area contributed by atoms with Crippen molar-refractivity contribution >= 4 is 5.84 Å². The molecule has 0 radical (unpaired) electrons. The Bertz CT molecular complexity index is 305.